The quantitative estimate of drug-likeness (QED) is 0.192. The van der Waals surface area contributed by atoms with Crippen LogP contribution in [0, 0.1) is 0 Å². The molecule has 0 atom stereocenters. The van der Waals surface area contributed by atoms with Gasteiger partial charge in [-0.15, -0.1) is 0 Å². The van der Waals surface area contributed by atoms with Gasteiger partial charge in [-0.3, -0.25) is 9.59 Å². The minimum atomic E-state index is 0.0823. The number of hydrogen-bond donors (Lipinski definition) is 0. The van der Waals surface area contributed by atoms with Crippen LogP contribution in [0.5, 0.6) is 0 Å². The molecule has 0 aliphatic carbocycles. The maximum absolute atomic E-state index is 11.9. The molecule has 0 amide bonds. The Labute approximate surface area is 174 Å². The van der Waals surface area contributed by atoms with E-state index in [1.54, 1.807) is 0 Å². The Balaban J connectivity index is 3.33. The molecule has 0 rings (SSSR count). The molecule has 0 fully saturated rings. The predicted molar refractivity (Wildman–Crippen MR) is 121 cm³/mol. The van der Waals surface area contributed by atoms with Crippen molar-refractivity contribution in [1.82, 2.24) is 0 Å². The lowest BCUT2D eigenvalue weighted by atomic mass is 10.1. The summed E-state index contributed by atoms with van der Waals surface area (Å²) in [6, 6.07) is 0. The molecule has 0 radical (unpaired) electrons. The SMILES string of the molecule is CCCCCCCCCCCC(=O)SC(=O)CCCCCCCCCCC. The minimum Gasteiger partial charge on any atom is -0.287 e. The number of carbonyl (C=O) groups is 2. The highest BCUT2D eigenvalue weighted by atomic mass is 32.2. The summed E-state index contributed by atoms with van der Waals surface area (Å²) < 4.78 is 0. The van der Waals surface area contributed by atoms with Gasteiger partial charge < -0.3 is 0 Å². The standard InChI is InChI=1S/C24H46O2S/c1-3-5-7-9-11-13-15-17-19-21-23(25)27-24(26)22-20-18-16-14-12-10-8-6-4-2/h3-22H2,1-2H3. The molecule has 0 aromatic carbocycles. The molecule has 3 heteroatoms. The van der Waals surface area contributed by atoms with Crippen molar-refractivity contribution in [3.63, 3.8) is 0 Å². The van der Waals surface area contributed by atoms with Gasteiger partial charge in [0.1, 0.15) is 0 Å². The molecule has 0 heterocycles. The van der Waals surface area contributed by atoms with Gasteiger partial charge in [0, 0.05) is 12.8 Å². The van der Waals surface area contributed by atoms with E-state index in [9.17, 15) is 9.59 Å². The molecule has 0 saturated heterocycles. The lowest BCUT2D eigenvalue weighted by Crippen LogP contribution is -1.99. The summed E-state index contributed by atoms with van der Waals surface area (Å²) in [4.78, 5) is 23.7. The largest absolute Gasteiger partial charge is 0.287 e. The van der Waals surface area contributed by atoms with Crippen molar-refractivity contribution < 1.29 is 9.59 Å². The highest BCUT2D eigenvalue weighted by Crippen LogP contribution is 2.17. The van der Waals surface area contributed by atoms with E-state index in [1.165, 1.54) is 89.9 Å². The first-order chi connectivity index (χ1) is 13.2. The third-order valence-corrected chi connectivity index (χ3v) is 6.06. The second kappa shape index (κ2) is 22.0. The van der Waals surface area contributed by atoms with Crippen LogP contribution in [0.1, 0.15) is 142 Å². The molecule has 0 aromatic heterocycles. The van der Waals surface area contributed by atoms with Crippen molar-refractivity contribution in [1.29, 1.82) is 0 Å². The van der Waals surface area contributed by atoms with Crippen LogP contribution >= 0.6 is 11.8 Å². The van der Waals surface area contributed by atoms with Gasteiger partial charge in [0.2, 0.25) is 0 Å². The smallest absolute Gasteiger partial charge is 0.196 e. The number of hydrogen-bond acceptors (Lipinski definition) is 3. The van der Waals surface area contributed by atoms with Crippen LogP contribution in [0.25, 0.3) is 0 Å². The van der Waals surface area contributed by atoms with Gasteiger partial charge in [-0.25, -0.2) is 0 Å². The molecule has 0 unspecified atom stereocenters. The van der Waals surface area contributed by atoms with Crippen molar-refractivity contribution in [2.75, 3.05) is 0 Å². The fourth-order valence-corrected chi connectivity index (χ4v) is 4.14. The van der Waals surface area contributed by atoms with E-state index < -0.39 is 0 Å². The van der Waals surface area contributed by atoms with Gasteiger partial charge >= 0.3 is 0 Å². The van der Waals surface area contributed by atoms with Crippen molar-refractivity contribution in [2.24, 2.45) is 0 Å². The summed E-state index contributed by atoms with van der Waals surface area (Å²) in [5.41, 5.74) is 0. The van der Waals surface area contributed by atoms with E-state index in [4.69, 9.17) is 0 Å². The van der Waals surface area contributed by atoms with E-state index in [0.717, 1.165) is 37.4 Å². The molecule has 0 saturated carbocycles. The summed E-state index contributed by atoms with van der Waals surface area (Å²) in [5, 5.41) is 0.165. The molecule has 2 nitrogen and oxygen atoms in total. The van der Waals surface area contributed by atoms with Crippen molar-refractivity contribution in [2.45, 2.75) is 142 Å². The number of thioether (sulfide) groups is 1. The van der Waals surface area contributed by atoms with Crippen LogP contribution in [-0.2, 0) is 9.59 Å². The lowest BCUT2D eigenvalue weighted by molar-refractivity contribution is -0.113. The Morgan fingerprint density at radius 2 is 0.704 bits per heavy atom. The summed E-state index contributed by atoms with van der Waals surface area (Å²) >= 11 is 0.977. The molecular weight excluding hydrogens is 352 g/mol. The zero-order valence-electron chi connectivity index (χ0n) is 18.4. The Kier molecular flexibility index (Phi) is 21.7. The third kappa shape index (κ3) is 21.8. The monoisotopic (exact) mass is 398 g/mol. The fraction of sp³-hybridized carbons (Fsp3) is 0.917. The minimum absolute atomic E-state index is 0.0823. The maximum Gasteiger partial charge on any atom is 0.196 e. The van der Waals surface area contributed by atoms with Gasteiger partial charge in [0.25, 0.3) is 0 Å². The highest BCUT2D eigenvalue weighted by Gasteiger charge is 2.10. The molecular formula is C24H46O2S. The number of unbranched alkanes of at least 4 members (excludes halogenated alkanes) is 16. The van der Waals surface area contributed by atoms with Crippen LogP contribution in [0.2, 0.25) is 0 Å². The van der Waals surface area contributed by atoms with Crippen LogP contribution in [0.3, 0.4) is 0 Å². The molecule has 0 N–H and O–H groups in total. The average molecular weight is 399 g/mol. The first-order valence-electron chi connectivity index (χ1n) is 11.9. The van der Waals surface area contributed by atoms with Crippen molar-refractivity contribution in [3.8, 4) is 0 Å². The first-order valence-corrected chi connectivity index (χ1v) is 12.8. The van der Waals surface area contributed by atoms with Crippen molar-refractivity contribution in [3.05, 3.63) is 0 Å². The van der Waals surface area contributed by atoms with Crippen LogP contribution < -0.4 is 0 Å². The van der Waals surface area contributed by atoms with Crippen molar-refractivity contribution >= 4 is 22.0 Å². The molecule has 27 heavy (non-hydrogen) atoms. The Morgan fingerprint density at radius 1 is 0.444 bits per heavy atom. The normalized spacial score (nSPS) is 11.0. The van der Waals surface area contributed by atoms with E-state index in [0.29, 0.717) is 12.8 Å². The second-order valence-electron chi connectivity index (χ2n) is 8.00. The van der Waals surface area contributed by atoms with Gasteiger partial charge in [0.05, 0.1) is 0 Å². The molecule has 160 valence electrons. The number of rotatable bonds is 20. The maximum atomic E-state index is 11.9. The summed E-state index contributed by atoms with van der Waals surface area (Å²) in [7, 11) is 0. The third-order valence-electron chi connectivity index (χ3n) is 5.20. The van der Waals surface area contributed by atoms with Gasteiger partial charge in [0.15, 0.2) is 10.2 Å². The molecule has 0 aliphatic rings. The van der Waals surface area contributed by atoms with Crippen LogP contribution in [-0.4, -0.2) is 10.2 Å². The number of carbonyl (C=O) groups excluding carboxylic acids is 2. The topological polar surface area (TPSA) is 34.1 Å². The predicted octanol–water partition coefficient (Wildman–Crippen LogP) is 8.61. The first kappa shape index (κ1) is 26.7. The average Bonchev–Trinajstić information content (AvgIpc) is 2.65. The zero-order chi connectivity index (χ0) is 20.0. The summed E-state index contributed by atoms with van der Waals surface area (Å²) in [5.74, 6) is 0. The van der Waals surface area contributed by atoms with E-state index in [1.807, 2.05) is 0 Å². The second-order valence-corrected chi connectivity index (χ2v) is 9.12. The lowest BCUT2D eigenvalue weighted by Gasteiger charge is -2.03. The Bertz CT molecular complexity index is 309. The Hall–Kier alpha value is -0.310. The van der Waals surface area contributed by atoms with Crippen LogP contribution in [0.4, 0.5) is 0 Å². The molecule has 0 aliphatic heterocycles. The summed E-state index contributed by atoms with van der Waals surface area (Å²) in [6.07, 6.45) is 23.8. The fourth-order valence-electron chi connectivity index (χ4n) is 3.39. The Morgan fingerprint density at radius 3 is 1.00 bits per heavy atom. The van der Waals surface area contributed by atoms with E-state index in [-0.39, 0.29) is 10.2 Å². The summed E-state index contributed by atoms with van der Waals surface area (Å²) in [6.45, 7) is 4.49. The highest BCUT2D eigenvalue weighted by molar-refractivity contribution is 8.26. The zero-order valence-corrected chi connectivity index (χ0v) is 19.2. The van der Waals surface area contributed by atoms with Crippen LogP contribution in [0.15, 0.2) is 0 Å². The molecule has 0 bridgehead atoms. The van der Waals surface area contributed by atoms with Gasteiger partial charge in [-0.05, 0) is 24.6 Å². The van der Waals surface area contributed by atoms with Gasteiger partial charge in [-0.2, -0.15) is 0 Å². The molecule has 0 spiro atoms. The van der Waals surface area contributed by atoms with E-state index in [2.05, 4.69) is 13.8 Å². The molecule has 0 aromatic rings. The van der Waals surface area contributed by atoms with E-state index >= 15 is 0 Å². The van der Waals surface area contributed by atoms with Gasteiger partial charge in [-0.1, -0.05) is 117 Å².